The van der Waals surface area contributed by atoms with E-state index >= 15 is 0 Å². The van der Waals surface area contributed by atoms with Crippen molar-refractivity contribution >= 4 is 5.91 Å². The van der Waals surface area contributed by atoms with Crippen LogP contribution in [-0.2, 0) is 9.53 Å². The molecule has 4 nitrogen and oxygen atoms in total. The summed E-state index contributed by atoms with van der Waals surface area (Å²) in [5.41, 5.74) is 5.65. The summed E-state index contributed by atoms with van der Waals surface area (Å²) < 4.78 is 5.49. The molecule has 2 aliphatic rings. The average molecular weight is 226 g/mol. The summed E-state index contributed by atoms with van der Waals surface area (Å²) in [5.74, 6) is 0.0482. The molecular formula is C12H22N2O2. The molecule has 1 unspecified atom stereocenters. The van der Waals surface area contributed by atoms with E-state index < -0.39 is 0 Å². The number of amides is 1. The van der Waals surface area contributed by atoms with E-state index in [9.17, 15) is 4.79 Å². The van der Waals surface area contributed by atoms with Crippen LogP contribution in [0.1, 0.15) is 44.9 Å². The van der Waals surface area contributed by atoms with Gasteiger partial charge in [0.05, 0.1) is 5.54 Å². The Hall–Kier alpha value is -0.610. The molecule has 1 aliphatic carbocycles. The van der Waals surface area contributed by atoms with Gasteiger partial charge < -0.3 is 15.8 Å². The Bertz CT molecular complexity index is 243. The summed E-state index contributed by atoms with van der Waals surface area (Å²) in [6.07, 6.45) is 7.15. The van der Waals surface area contributed by atoms with Crippen molar-refractivity contribution in [3.05, 3.63) is 0 Å². The molecule has 16 heavy (non-hydrogen) atoms. The molecule has 0 aromatic heterocycles. The van der Waals surface area contributed by atoms with Crippen molar-refractivity contribution in [2.45, 2.75) is 56.6 Å². The number of nitrogens with two attached hydrogens (primary N) is 1. The number of ether oxygens (including phenoxy) is 1. The molecule has 2 fully saturated rings. The van der Waals surface area contributed by atoms with Crippen LogP contribution in [0, 0.1) is 0 Å². The third-order valence-electron chi connectivity index (χ3n) is 3.81. The summed E-state index contributed by atoms with van der Waals surface area (Å²) in [6, 6.07) is 0. The zero-order valence-electron chi connectivity index (χ0n) is 9.84. The zero-order chi connectivity index (χ0) is 11.4. The van der Waals surface area contributed by atoms with Crippen LogP contribution >= 0.6 is 0 Å². The molecule has 1 heterocycles. The van der Waals surface area contributed by atoms with Crippen LogP contribution in [0.2, 0.25) is 0 Å². The largest absolute Gasteiger partial charge is 0.368 e. The first-order chi connectivity index (χ1) is 7.76. The smallest absolute Gasteiger partial charge is 0.249 e. The number of rotatable bonds is 3. The van der Waals surface area contributed by atoms with Crippen molar-refractivity contribution < 1.29 is 9.53 Å². The lowest BCUT2D eigenvalue weighted by Gasteiger charge is -2.31. The Kier molecular flexibility index (Phi) is 3.82. The molecule has 1 aliphatic heterocycles. The van der Waals surface area contributed by atoms with Crippen LogP contribution in [0.4, 0.5) is 0 Å². The monoisotopic (exact) mass is 226 g/mol. The summed E-state index contributed by atoms with van der Waals surface area (Å²) in [4.78, 5) is 12.0. The van der Waals surface area contributed by atoms with E-state index in [1.54, 1.807) is 0 Å². The van der Waals surface area contributed by atoms with Gasteiger partial charge in [0, 0.05) is 13.2 Å². The van der Waals surface area contributed by atoms with Gasteiger partial charge in [-0.1, -0.05) is 12.8 Å². The van der Waals surface area contributed by atoms with E-state index in [1.807, 2.05) is 0 Å². The van der Waals surface area contributed by atoms with Crippen molar-refractivity contribution in [2.75, 3.05) is 13.2 Å². The van der Waals surface area contributed by atoms with Crippen molar-refractivity contribution in [1.29, 1.82) is 0 Å². The first-order valence-electron chi connectivity index (χ1n) is 6.39. The molecule has 1 saturated heterocycles. The van der Waals surface area contributed by atoms with Crippen LogP contribution in [-0.4, -0.2) is 30.7 Å². The number of nitrogens with one attached hydrogen (secondary N) is 1. The number of hydrogen-bond acceptors (Lipinski definition) is 3. The highest BCUT2D eigenvalue weighted by Gasteiger charge is 2.36. The average Bonchev–Trinajstić information content (AvgIpc) is 2.79. The lowest BCUT2D eigenvalue weighted by Crippen LogP contribution is -2.55. The summed E-state index contributed by atoms with van der Waals surface area (Å²) >= 11 is 0. The Morgan fingerprint density at radius 2 is 2.06 bits per heavy atom. The lowest BCUT2D eigenvalue weighted by atomic mass is 9.97. The predicted octanol–water partition coefficient (Wildman–Crippen LogP) is 0.943. The minimum atomic E-state index is -0.238. The van der Waals surface area contributed by atoms with Crippen LogP contribution in [0.25, 0.3) is 0 Å². The van der Waals surface area contributed by atoms with Gasteiger partial charge in [0.25, 0.3) is 0 Å². The Balaban J connectivity index is 1.89. The van der Waals surface area contributed by atoms with Gasteiger partial charge in [0.1, 0.15) is 6.10 Å². The lowest BCUT2D eigenvalue weighted by molar-refractivity contribution is -0.137. The molecule has 0 aromatic carbocycles. The second-order valence-electron chi connectivity index (χ2n) is 5.04. The maximum absolute atomic E-state index is 12.0. The Labute approximate surface area is 96.9 Å². The molecule has 1 atom stereocenters. The second kappa shape index (κ2) is 5.15. The van der Waals surface area contributed by atoms with Crippen LogP contribution in [0.3, 0.4) is 0 Å². The highest BCUT2D eigenvalue weighted by atomic mass is 16.5. The number of carbonyl (C=O) groups is 1. The molecule has 4 heteroatoms. The van der Waals surface area contributed by atoms with E-state index in [1.165, 1.54) is 12.8 Å². The van der Waals surface area contributed by atoms with E-state index in [4.69, 9.17) is 10.5 Å². The molecule has 1 amide bonds. The zero-order valence-corrected chi connectivity index (χ0v) is 9.84. The maximum atomic E-state index is 12.0. The van der Waals surface area contributed by atoms with Crippen LogP contribution in [0.5, 0.6) is 0 Å². The topological polar surface area (TPSA) is 64.3 Å². The van der Waals surface area contributed by atoms with E-state index in [-0.39, 0.29) is 17.6 Å². The van der Waals surface area contributed by atoms with Gasteiger partial charge in [0.15, 0.2) is 0 Å². The SMILES string of the molecule is NCC1(NC(=O)C2CCCCO2)CCCC1. The van der Waals surface area contributed by atoms with E-state index in [0.717, 1.165) is 32.1 Å². The molecule has 0 spiro atoms. The van der Waals surface area contributed by atoms with Gasteiger partial charge in [-0.3, -0.25) is 4.79 Å². The third kappa shape index (κ3) is 2.55. The van der Waals surface area contributed by atoms with Crippen LogP contribution < -0.4 is 11.1 Å². The van der Waals surface area contributed by atoms with Gasteiger partial charge >= 0.3 is 0 Å². The highest BCUT2D eigenvalue weighted by molar-refractivity contribution is 5.81. The number of carbonyl (C=O) groups excluding carboxylic acids is 1. The highest BCUT2D eigenvalue weighted by Crippen LogP contribution is 2.29. The molecule has 0 aromatic rings. The summed E-state index contributed by atoms with van der Waals surface area (Å²) in [6.45, 7) is 1.26. The molecule has 0 bridgehead atoms. The standard InChI is InChI=1S/C12H22N2O2/c13-9-12(6-2-3-7-12)14-11(15)10-5-1-4-8-16-10/h10H,1-9,13H2,(H,14,15). The minimum absolute atomic E-state index is 0.0482. The Morgan fingerprint density at radius 3 is 2.62 bits per heavy atom. The van der Waals surface area contributed by atoms with Gasteiger partial charge in [0.2, 0.25) is 5.91 Å². The number of hydrogen-bond donors (Lipinski definition) is 2. The van der Waals surface area contributed by atoms with Crippen molar-refractivity contribution in [3.63, 3.8) is 0 Å². The first-order valence-corrected chi connectivity index (χ1v) is 6.39. The van der Waals surface area contributed by atoms with Gasteiger partial charge in [-0.05, 0) is 32.1 Å². The van der Waals surface area contributed by atoms with Crippen LogP contribution in [0.15, 0.2) is 0 Å². The molecule has 1 saturated carbocycles. The Morgan fingerprint density at radius 1 is 1.31 bits per heavy atom. The summed E-state index contributed by atoms with van der Waals surface area (Å²) in [7, 11) is 0. The fraction of sp³-hybridized carbons (Fsp3) is 0.917. The van der Waals surface area contributed by atoms with Crippen molar-refractivity contribution in [1.82, 2.24) is 5.32 Å². The van der Waals surface area contributed by atoms with Gasteiger partial charge in [-0.15, -0.1) is 0 Å². The van der Waals surface area contributed by atoms with Gasteiger partial charge in [-0.2, -0.15) is 0 Å². The van der Waals surface area contributed by atoms with Gasteiger partial charge in [-0.25, -0.2) is 0 Å². The van der Waals surface area contributed by atoms with E-state index in [0.29, 0.717) is 13.2 Å². The fourth-order valence-electron chi connectivity index (χ4n) is 2.72. The maximum Gasteiger partial charge on any atom is 0.249 e. The fourth-order valence-corrected chi connectivity index (χ4v) is 2.72. The second-order valence-corrected chi connectivity index (χ2v) is 5.04. The molecule has 3 N–H and O–H groups in total. The molecular weight excluding hydrogens is 204 g/mol. The summed E-state index contributed by atoms with van der Waals surface area (Å²) in [5, 5.41) is 3.12. The third-order valence-corrected chi connectivity index (χ3v) is 3.81. The van der Waals surface area contributed by atoms with Crippen molar-refractivity contribution in [2.24, 2.45) is 5.73 Å². The quantitative estimate of drug-likeness (QED) is 0.753. The molecule has 0 radical (unpaired) electrons. The first kappa shape index (κ1) is 11.9. The van der Waals surface area contributed by atoms with Crippen molar-refractivity contribution in [3.8, 4) is 0 Å². The normalized spacial score (nSPS) is 28.9. The van der Waals surface area contributed by atoms with E-state index in [2.05, 4.69) is 5.32 Å². The minimum Gasteiger partial charge on any atom is -0.368 e. The predicted molar refractivity (Wildman–Crippen MR) is 62.0 cm³/mol. The molecule has 2 rings (SSSR count). The molecule has 92 valence electrons.